The van der Waals surface area contributed by atoms with E-state index in [2.05, 4.69) is 19.2 Å². The molecule has 1 heterocycles. The van der Waals surface area contributed by atoms with Gasteiger partial charge in [-0.25, -0.2) is 0 Å². The molecular formula is C25H33N3O3. The van der Waals surface area contributed by atoms with Gasteiger partial charge in [-0.2, -0.15) is 0 Å². The minimum Gasteiger partial charge on any atom is -0.490 e. The number of nitrogens with zero attached hydrogens (tertiary/aromatic N) is 2. The molecule has 31 heavy (non-hydrogen) atoms. The van der Waals surface area contributed by atoms with Gasteiger partial charge in [0.1, 0.15) is 12.4 Å². The molecule has 0 aromatic heterocycles. The number of ether oxygens (including phenoxy) is 1. The molecule has 166 valence electrons. The highest BCUT2D eigenvalue weighted by molar-refractivity contribution is 6.06. The lowest BCUT2D eigenvalue weighted by Gasteiger charge is -2.28. The summed E-state index contributed by atoms with van der Waals surface area (Å²) in [6, 6.07) is 12.9. The molecule has 0 saturated heterocycles. The highest BCUT2D eigenvalue weighted by atomic mass is 16.5. The summed E-state index contributed by atoms with van der Waals surface area (Å²) in [5, 5.41) is 2.96. The molecule has 0 aliphatic carbocycles. The molecule has 2 aromatic rings. The van der Waals surface area contributed by atoms with Crippen LogP contribution in [0.25, 0.3) is 0 Å². The van der Waals surface area contributed by atoms with Crippen LogP contribution in [0.15, 0.2) is 42.5 Å². The van der Waals surface area contributed by atoms with Crippen LogP contribution < -0.4 is 19.9 Å². The van der Waals surface area contributed by atoms with Crippen LogP contribution in [0, 0.1) is 11.3 Å². The smallest absolute Gasteiger partial charge is 0.255 e. The first-order chi connectivity index (χ1) is 14.6. The fraction of sp³-hybridized carbons (Fsp3) is 0.440. The third-order valence-electron chi connectivity index (χ3n) is 5.48. The van der Waals surface area contributed by atoms with Crippen molar-refractivity contribution in [3.05, 3.63) is 48.0 Å². The summed E-state index contributed by atoms with van der Waals surface area (Å²) in [4.78, 5) is 29.9. The minimum absolute atomic E-state index is 0.0362. The molecule has 6 heteroatoms. The maximum atomic E-state index is 13.3. The summed E-state index contributed by atoms with van der Waals surface area (Å²) in [6.45, 7) is 9.03. The fourth-order valence-corrected chi connectivity index (χ4v) is 3.46. The minimum atomic E-state index is -0.619. The van der Waals surface area contributed by atoms with Crippen molar-refractivity contribution in [2.75, 3.05) is 42.4 Å². The molecule has 0 saturated carbocycles. The third kappa shape index (κ3) is 5.19. The van der Waals surface area contributed by atoms with E-state index in [1.54, 1.807) is 6.07 Å². The number of anilines is 3. The molecule has 2 amide bonds. The maximum Gasteiger partial charge on any atom is 0.255 e. The predicted molar refractivity (Wildman–Crippen MR) is 126 cm³/mol. The van der Waals surface area contributed by atoms with E-state index in [9.17, 15) is 9.59 Å². The van der Waals surface area contributed by atoms with Gasteiger partial charge in [-0.05, 0) is 62.6 Å². The van der Waals surface area contributed by atoms with Gasteiger partial charge in [0.05, 0.1) is 11.1 Å². The number of nitrogens with one attached hydrogen (secondary N) is 1. The second-order valence-corrected chi connectivity index (χ2v) is 9.39. The lowest BCUT2D eigenvalue weighted by molar-refractivity contribution is -0.127. The molecule has 0 bridgehead atoms. The second kappa shape index (κ2) is 9.00. The molecule has 0 atom stereocenters. The van der Waals surface area contributed by atoms with Crippen LogP contribution in [0.3, 0.4) is 0 Å². The van der Waals surface area contributed by atoms with E-state index in [1.165, 1.54) is 0 Å². The zero-order valence-corrected chi connectivity index (χ0v) is 19.4. The standard InChI is InChI=1S/C25H33N3O3/c1-17(2)12-13-28-21-15-19(10-11-22(21)31-16-25(3,4)24(28)30)26-23(29)18-8-7-9-20(14-18)27(5)6/h7-11,14-15,17H,12-13,16H2,1-6H3,(H,26,29). The van der Waals surface area contributed by atoms with E-state index in [4.69, 9.17) is 4.74 Å². The zero-order valence-electron chi connectivity index (χ0n) is 19.4. The topological polar surface area (TPSA) is 61.9 Å². The zero-order chi connectivity index (χ0) is 22.8. The van der Waals surface area contributed by atoms with Crippen molar-refractivity contribution in [1.82, 2.24) is 0 Å². The van der Waals surface area contributed by atoms with E-state index in [0.29, 0.717) is 41.8 Å². The maximum absolute atomic E-state index is 13.3. The SMILES string of the molecule is CC(C)CCN1C(=O)C(C)(C)COc2ccc(NC(=O)c3cccc(N(C)C)c3)cc21. The van der Waals surface area contributed by atoms with Crippen LogP contribution in [0.5, 0.6) is 5.75 Å². The average Bonchev–Trinajstić information content (AvgIpc) is 2.81. The summed E-state index contributed by atoms with van der Waals surface area (Å²) in [7, 11) is 3.88. The van der Waals surface area contributed by atoms with Gasteiger partial charge in [-0.3, -0.25) is 9.59 Å². The number of benzene rings is 2. The van der Waals surface area contributed by atoms with Gasteiger partial charge >= 0.3 is 0 Å². The van der Waals surface area contributed by atoms with Crippen molar-refractivity contribution in [3.8, 4) is 5.75 Å². The average molecular weight is 424 g/mol. The summed E-state index contributed by atoms with van der Waals surface area (Å²) in [6.07, 6.45) is 0.884. The van der Waals surface area contributed by atoms with Crippen molar-refractivity contribution in [3.63, 3.8) is 0 Å². The first-order valence-electron chi connectivity index (χ1n) is 10.8. The third-order valence-corrected chi connectivity index (χ3v) is 5.48. The Bertz CT molecular complexity index is 966. The first kappa shape index (κ1) is 22.7. The summed E-state index contributed by atoms with van der Waals surface area (Å²) in [5.41, 5.74) is 2.24. The van der Waals surface area contributed by atoms with Crippen LogP contribution in [0.1, 0.15) is 44.5 Å². The Balaban J connectivity index is 1.90. The van der Waals surface area contributed by atoms with Crippen LogP contribution in [-0.4, -0.2) is 39.1 Å². The molecule has 6 nitrogen and oxygen atoms in total. The second-order valence-electron chi connectivity index (χ2n) is 9.39. The Labute approximate surface area is 185 Å². The Morgan fingerprint density at radius 2 is 1.94 bits per heavy atom. The Kier molecular flexibility index (Phi) is 6.58. The number of carbonyl (C=O) groups excluding carboxylic acids is 2. The Morgan fingerprint density at radius 1 is 1.19 bits per heavy atom. The molecule has 0 radical (unpaired) electrons. The van der Waals surface area contributed by atoms with Crippen LogP contribution in [0.4, 0.5) is 17.1 Å². The Morgan fingerprint density at radius 3 is 2.61 bits per heavy atom. The highest BCUT2D eigenvalue weighted by Gasteiger charge is 2.37. The molecule has 3 rings (SSSR count). The van der Waals surface area contributed by atoms with Gasteiger partial charge in [0, 0.05) is 37.6 Å². The molecule has 1 aliphatic rings. The van der Waals surface area contributed by atoms with Gasteiger partial charge in [0.25, 0.3) is 5.91 Å². The number of hydrogen-bond donors (Lipinski definition) is 1. The van der Waals surface area contributed by atoms with Gasteiger partial charge < -0.3 is 19.9 Å². The molecule has 0 spiro atoms. The van der Waals surface area contributed by atoms with Gasteiger partial charge in [-0.1, -0.05) is 19.9 Å². The van der Waals surface area contributed by atoms with Gasteiger partial charge in [-0.15, -0.1) is 0 Å². The van der Waals surface area contributed by atoms with E-state index in [-0.39, 0.29) is 11.8 Å². The lowest BCUT2D eigenvalue weighted by atomic mass is 9.92. The molecule has 0 fully saturated rings. The summed E-state index contributed by atoms with van der Waals surface area (Å²) < 4.78 is 5.98. The van der Waals surface area contributed by atoms with Gasteiger partial charge in [0.2, 0.25) is 5.91 Å². The highest BCUT2D eigenvalue weighted by Crippen LogP contribution is 2.38. The predicted octanol–water partition coefficient (Wildman–Crippen LogP) is 4.80. The van der Waals surface area contributed by atoms with Crippen LogP contribution in [-0.2, 0) is 4.79 Å². The monoisotopic (exact) mass is 423 g/mol. The van der Waals surface area contributed by atoms with Crippen molar-refractivity contribution in [1.29, 1.82) is 0 Å². The molecule has 0 unspecified atom stereocenters. The number of fused-ring (bicyclic) bond motifs is 1. The normalized spacial score (nSPS) is 15.2. The molecule has 1 aliphatic heterocycles. The first-order valence-corrected chi connectivity index (χ1v) is 10.8. The number of hydrogen-bond acceptors (Lipinski definition) is 4. The van der Waals surface area contributed by atoms with Crippen molar-refractivity contribution in [2.24, 2.45) is 11.3 Å². The number of carbonyl (C=O) groups is 2. The number of rotatable bonds is 6. The summed E-state index contributed by atoms with van der Waals surface area (Å²) >= 11 is 0. The quantitative estimate of drug-likeness (QED) is 0.725. The largest absolute Gasteiger partial charge is 0.490 e. The molecule has 2 aromatic carbocycles. The summed E-state index contributed by atoms with van der Waals surface area (Å²) in [5.74, 6) is 0.971. The van der Waals surface area contributed by atoms with Crippen molar-refractivity contribution < 1.29 is 14.3 Å². The lowest BCUT2D eigenvalue weighted by Crippen LogP contribution is -2.42. The molecule has 1 N–H and O–H groups in total. The van der Waals surface area contributed by atoms with E-state index in [0.717, 1.165) is 12.1 Å². The van der Waals surface area contributed by atoms with Crippen molar-refractivity contribution in [2.45, 2.75) is 34.1 Å². The van der Waals surface area contributed by atoms with E-state index < -0.39 is 5.41 Å². The van der Waals surface area contributed by atoms with Crippen molar-refractivity contribution >= 4 is 28.9 Å². The van der Waals surface area contributed by atoms with Gasteiger partial charge in [0.15, 0.2) is 0 Å². The number of amides is 2. The van der Waals surface area contributed by atoms with E-state index in [1.807, 2.05) is 74.1 Å². The van der Waals surface area contributed by atoms with Crippen LogP contribution >= 0.6 is 0 Å². The molecular weight excluding hydrogens is 390 g/mol. The Hall–Kier alpha value is -3.02. The fourth-order valence-electron chi connectivity index (χ4n) is 3.46. The van der Waals surface area contributed by atoms with Crippen LogP contribution in [0.2, 0.25) is 0 Å². The van der Waals surface area contributed by atoms with E-state index >= 15 is 0 Å².